The summed E-state index contributed by atoms with van der Waals surface area (Å²) in [7, 11) is 0. The average Bonchev–Trinajstić information content (AvgIpc) is 2.69. The minimum absolute atomic E-state index is 0.208. The molecule has 1 amide bonds. The Hall–Kier alpha value is -2.51. The highest BCUT2D eigenvalue weighted by Gasteiger charge is 2.12. The number of hydrogen-bond acceptors (Lipinski definition) is 3. The number of nitrogens with one attached hydrogen (secondary N) is 3. The van der Waals surface area contributed by atoms with Crippen LogP contribution in [0.4, 0.5) is 14.5 Å². The zero-order valence-corrected chi connectivity index (χ0v) is 8.25. The first-order chi connectivity index (χ1) is 8.06. The second kappa shape index (κ2) is 4.16. The Morgan fingerprint density at radius 3 is 2.71 bits per heavy atom. The first-order valence-corrected chi connectivity index (χ1v) is 4.47. The summed E-state index contributed by atoms with van der Waals surface area (Å²) in [6.45, 7) is 0. The number of carbonyl (C=O) groups excluding carboxylic acids is 1. The van der Waals surface area contributed by atoms with E-state index in [1.807, 2.05) is 5.10 Å². The van der Waals surface area contributed by atoms with E-state index in [-0.39, 0.29) is 11.5 Å². The lowest BCUT2D eigenvalue weighted by molar-refractivity contribution is 0.101. The third-order valence-electron chi connectivity index (χ3n) is 1.90. The molecule has 0 atom stereocenters. The first kappa shape index (κ1) is 11.0. The number of aromatic nitrogens is 3. The average molecular weight is 240 g/mol. The molecule has 0 aliphatic heterocycles. The summed E-state index contributed by atoms with van der Waals surface area (Å²) in [5, 5.41) is 7.47. The molecule has 2 rings (SSSR count). The lowest BCUT2D eigenvalue weighted by Gasteiger charge is -2.03. The third-order valence-corrected chi connectivity index (χ3v) is 1.90. The van der Waals surface area contributed by atoms with Gasteiger partial charge in [-0.1, -0.05) is 0 Å². The van der Waals surface area contributed by atoms with Gasteiger partial charge in [0, 0.05) is 6.07 Å². The lowest BCUT2D eigenvalue weighted by Crippen LogP contribution is -2.15. The molecule has 8 heteroatoms. The SMILES string of the molecule is O=C(Nc1ccc(F)cc1F)c1n[nH]c(=O)[nH]1. The van der Waals surface area contributed by atoms with Crippen LogP contribution < -0.4 is 11.0 Å². The molecule has 0 unspecified atom stereocenters. The van der Waals surface area contributed by atoms with E-state index in [2.05, 4.69) is 15.4 Å². The smallest absolute Gasteiger partial charge is 0.317 e. The van der Waals surface area contributed by atoms with E-state index in [1.165, 1.54) is 0 Å². The summed E-state index contributed by atoms with van der Waals surface area (Å²) in [6.07, 6.45) is 0. The fraction of sp³-hybridized carbons (Fsp3) is 0. The van der Waals surface area contributed by atoms with E-state index in [1.54, 1.807) is 0 Å². The van der Waals surface area contributed by atoms with Crippen LogP contribution in [0.5, 0.6) is 0 Å². The standard InChI is InChI=1S/C9H6F2N4O2/c10-4-1-2-6(5(11)3-4)12-8(16)7-13-9(17)15-14-7/h1-3H,(H,12,16)(H2,13,14,15,17). The molecule has 0 fully saturated rings. The number of rotatable bonds is 2. The molecule has 0 saturated heterocycles. The largest absolute Gasteiger partial charge is 0.341 e. The Kier molecular flexibility index (Phi) is 2.69. The van der Waals surface area contributed by atoms with Crippen LogP contribution in [0.3, 0.4) is 0 Å². The van der Waals surface area contributed by atoms with Crippen molar-refractivity contribution in [2.24, 2.45) is 0 Å². The van der Waals surface area contributed by atoms with Crippen molar-refractivity contribution in [3.63, 3.8) is 0 Å². The topological polar surface area (TPSA) is 90.6 Å². The molecule has 0 aliphatic carbocycles. The van der Waals surface area contributed by atoms with Gasteiger partial charge in [-0.2, -0.15) is 0 Å². The van der Waals surface area contributed by atoms with Gasteiger partial charge in [0.2, 0.25) is 5.82 Å². The number of carbonyl (C=O) groups is 1. The predicted molar refractivity (Wildman–Crippen MR) is 53.5 cm³/mol. The molecule has 1 aromatic carbocycles. The molecule has 17 heavy (non-hydrogen) atoms. The van der Waals surface area contributed by atoms with Crippen molar-refractivity contribution in [3.8, 4) is 0 Å². The Bertz CT molecular complexity index is 619. The highest BCUT2D eigenvalue weighted by atomic mass is 19.1. The van der Waals surface area contributed by atoms with Gasteiger partial charge >= 0.3 is 5.69 Å². The van der Waals surface area contributed by atoms with Gasteiger partial charge in [-0.15, -0.1) is 5.10 Å². The highest BCUT2D eigenvalue weighted by Crippen LogP contribution is 2.15. The van der Waals surface area contributed by atoms with E-state index in [0.717, 1.165) is 12.1 Å². The van der Waals surface area contributed by atoms with Crippen molar-refractivity contribution in [1.29, 1.82) is 0 Å². The van der Waals surface area contributed by atoms with Crippen molar-refractivity contribution in [2.75, 3.05) is 5.32 Å². The number of H-pyrrole nitrogens is 2. The van der Waals surface area contributed by atoms with Crippen LogP contribution >= 0.6 is 0 Å². The van der Waals surface area contributed by atoms with Gasteiger partial charge in [0.15, 0.2) is 0 Å². The summed E-state index contributed by atoms with van der Waals surface area (Å²) in [4.78, 5) is 24.2. The lowest BCUT2D eigenvalue weighted by atomic mass is 10.3. The van der Waals surface area contributed by atoms with Crippen LogP contribution in [-0.2, 0) is 0 Å². The number of nitrogens with zero attached hydrogens (tertiary/aromatic N) is 1. The maximum Gasteiger partial charge on any atom is 0.341 e. The maximum atomic E-state index is 13.2. The highest BCUT2D eigenvalue weighted by molar-refractivity contribution is 6.01. The van der Waals surface area contributed by atoms with Crippen molar-refractivity contribution >= 4 is 11.6 Å². The van der Waals surface area contributed by atoms with Crippen LogP contribution in [0.2, 0.25) is 0 Å². The van der Waals surface area contributed by atoms with E-state index >= 15 is 0 Å². The minimum atomic E-state index is -0.920. The van der Waals surface area contributed by atoms with Crippen LogP contribution in [0, 0.1) is 11.6 Å². The zero-order chi connectivity index (χ0) is 12.4. The maximum absolute atomic E-state index is 13.2. The van der Waals surface area contributed by atoms with Crippen LogP contribution in [0.25, 0.3) is 0 Å². The minimum Gasteiger partial charge on any atom is -0.317 e. The normalized spacial score (nSPS) is 10.2. The molecule has 1 aromatic heterocycles. The molecule has 0 spiro atoms. The van der Waals surface area contributed by atoms with E-state index in [9.17, 15) is 18.4 Å². The monoisotopic (exact) mass is 240 g/mol. The molecular weight excluding hydrogens is 234 g/mol. The second-order valence-electron chi connectivity index (χ2n) is 3.10. The summed E-state index contributed by atoms with van der Waals surface area (Å²) in [5.41, 5.74) is -0.866. The Morgan fingerprint density at radius 1 is 1.35 bits per heavy atom. The zero-order valence-electron chi connectivity index (χ0n) is 8.25. The number of amides is 1. The summed E-state index contributed by atoms with van der Waals surface area (Å²) >= 11 is 0. The first-order valence-electron chi connectivity index (χ1n) is 4.47. The Labute approximate surface area is 92.7 Å². The fourth-order valence-corrected chi connectivity index (χ4v) is 1.15. The fourth-order valence-electron chi connectivity index (χ4n) is 1.15. The van der Waals surface area contributed by atoms with Crippen molar-refractivity contribution in [2.45, 2.75) is 0 Å². The Balaban J connectivity index is 2.21. The van der Waals surface area contributed by atoms with Crippen LogP contribution in [-0.4, -0.2) is 21.1 Å². The van der Waals surface area contributed by atoms with Gasteiger partial charge in [0.1, 0.15) is 11.6 Å². The second-order valence-corrected chi connectivity index (χ2v) is 3.10. The van der Waals surface area contributed by atoms with Gasteiger partial charge < -0.3 is 5.32 Å². The molecule has 6 nitrogen and oxygen atoms in total. The number of halogens is 2. The molecule has 88 valence electrons. The van der Waals surface area contributed by atoms with Crippen molar-refractivity contribution in [3.05, 3.63) is 46.1 Å². The molecule has 0 radical (unpaired) electrons. The molecule has 0 aliphatic rings. The van der Waals surface area contributed by atoms with E-state index in [4.69, 9.17) is 0 Å². The molecule has 0 saturated carbocycles. The van der Waals surface area contributed by atoms with Gasteiger partial charge in [-0.25, -0.2) is 18.7 Å². The van der Waals surface area contributed by atoms with Crippen LogP contribution in [0.1, 0.15) is 10.6 Å². The number of aromatic amines is 2. The van der Waals surface area contributed by atoms with Gasteiger partial charge in [-0.3, -0.25) is 9.78 Å². The summed E-state index contributed by atoms with van der Waals surface area (Å²) in [6, 6.07) is 2.68. The predicted octanol–water partition coefficient (Wildman–Crippen LogP) is 0.629. The summed E-state index contributed by atoms with van der Waals surface area (Å²) in [5.74, 6) is -2.78. The van der Waals surface area contributed by atoms with Crippen molar-refractivity contribution < 1.29 is 13.6 Å². The molecular formula is C9H6F2N4O2. The summed E-state index contributed by atoms with van der Waals surface area (Å²) < 4.78 is 25.8. The number of hydrogen-bond donors (Lipinski definition) is 3. The molecule has 1 heterocycles. The van der Waals surface area contributed by atoms with E-state index in [0.29, 0.717) is 6.07 Å². The molecule has 3 N–H and O–H groups in total. The number of anilines is 1. The van der Waals surface area contributed by atoms with Crippen LogP contribution in [0.15, 0.2) is 23.0 Å². The molecule has 0 bridgehead atoms. The van der Waals surface area contributed by atoms with E-state index < -0.39 is 23.2 Å². The number of benzene rings is 1. The Morgan fingerprint density at radius 2 is 2.12 bits per heavy atom. The van der Waals surface area contributed by atoms with Gasteiger partial charge in [-0.05, 0) is 12.1 Å². The van der Waals surface area contributed by atoms with Crippen molar-refractivity contribution in [1.82, 2.24) is 15.2 Å². The third kappa shape index (κ3) is 2.36. The van der Waals surface area contributed by atoms with Gasteiger partial charge in [0.05, 0.1) is 5.69 Å². The quantitative estimate of drug-likeness (QED) is 0.719. The molecule has 2 aromatic rings. The van der Waals surface area contributed by atoms with Gasteiger partial charge in [0.25, 0.3) is 5.91 Å².